The van der Waals surface area contributed by atoms with Gasteiger partial charge in [0.1, 0.15) is 5.52 Å². The van der Waals surface area contributed by atoms with Crippen LogP contribution in [-0.4, -0.2) is 41.3 Å². The van der Waals surface area contributed by atoms with Crippen LogP contribution in [0, 0.1) is 6.92 Å². The van der Waals surface area contributed by atoms with Crippen molar-refractivity contribution in [3.63, 3.8) is 0 Å². The van der Waals surface area contributed by atoms with E-state index in [0.29, 0.717) is 13.2 Å². The number of fused-ring (bicyclic) bond motifs is 2. The van der Waals surface area contributed by atoms with Gasteiger partial charge >= 0.3 is 0 Å². The number of hydrogen-bond donors (Lipinski definition) is 1. The third-order valence-corrected chi connectivity index (χ3v) is 7.10. The zero-order valence-electron chi connectivity index (χ0n) is 14.3. The molecule has 7 heteroatoms. The van der Waals surface area contributed by atoms with Crippen molar-refractivity contribution in [1.82, 2.24) is 15.0 Å². The van der Waals surface area contributed by atoms with Crippen LogP contribution in [0.1, 0.15) is 4.88 Å². The molecular weight excluding hydrogens is 412 g/mol. The lowest BCUT2D eigenvalue weighted by Crippen LogP contribution is -2.37. The lowest BCUT2D eigenvalue weighted by Gasteiger charge is -2.27. The van der Waals surface area contributed by atoms with Crippen LogP contribution < -0.4 is 4.90 Å². The predicted octanol–water partition coefficient (Wildman–Crippen LogP) is 4.75. The van der Waals surface area contributed by atoms with E-state index in [1.165, 1.54) is 10.3 Å². The fourth-order valence-corrected chi connectivity index (χ4v) is 5.08. The van der Waals surface area contributed by atoms with Crippen LogP contribution >= 0.6 is 27.3 Å². The number of nitrogens with zero attached hydrogens (tertiary/aromatic N) is 3. The number of morpholine rings is 1. The first-order chi connectivity index (χ1) is 12.7. The molecule has 1 fully saturated rings. The Balaban J connectivity index is 1.80. The summed E-state index contributed by atoms with van der Waals surface area (Å²) in [6.07, 6.45) is 1.98. The molecule has 4 heterocycles. The first kappa shape index (κ1) is 16.2. The largest absolute Gasteiger partial charge is 0.378 e. The van der Waals surface area contributed by atoms with E-state index in [0.717, 1.165) is 50.5 Å². The molecular formula is C19H17BrN4OS. The van der Waals surface area contributed by atoms with Crippen LogP contribution in [0.2, 0.25) is 0 Å². The molecule has 5 rings (SSSR count). The molecule has 0 unspecified atom stereocenters. The number of nitrogens with one attached hydrogen (secondary N) is 1. The first-order valence-electron chi connectivity index (χ1n) is 8.58. The van der Waals surface area contributed by atoms with Gasteiger partial charge in [0, 0.05) is 40.6 Å². The summed E-state index contributed by atoms with van der Waals surface area (Å²) in [4.78, 5) is 16.6. The number of hydrogen-bond acceptors (Lipinski definition) is 5. The Labute approximate surface area is 163 Å². The lowest BCUT2D eigenvalue weighted by atomic mass is 10.1. The number of halogens is 1. The van der Waals surface area contributed by atoms with Crippen molar-refractivity contribution < 1.29 is 4.74 Å². The molecule has 1 N–H and O–H groups in total. The molecule has 1 aliphatic rings. The predicted molar refractivity (Wildman–Crippen MR) is 110 cm³/mol. The first-order valence-corrected chi connectivity index (χ1v) is 10.2. The van der Waals surface area contributed by atoms with Gasteiger partial charge in [-0.05, 0) is 35.0 Å². The van der Waals surface area contributed by atoms with E-state index in [4.69, 9.17) is 14.7 Å². The number of ether oxygens (including phenoxy) is 1. The van der Waals surface area contributed by atoms with Gasteiger partial charge in [0.25, 0.3) is 0 Å². The van der Waals surface area contributed by atoms with Gasteiger partial charge in [-0.1, -0.05) is 12.1 Å². The average molecular weight is 429 g/mol. The fraction of sp³-hybridized carbons (Fsp3) is 0.263. The highest BCUT2D eigenvalue weighted by atomic mass is 79.9. The molecule has 0 saturated carbocycles. The summed E-state index contributed by atoms with van der Waals surface area (Å²) in [5.74, 6) is 0.779. The van der Waals surface area contributed by atoms with Crippen LogP contribution in [-0.2, 0) is 4.74 Å². The standard InChI is InChI=1S/C19H17BrN4OS/c1-11-15(20)17-18(26-11)16(13-3-2-4-14-12(13)5-6-21-14)22-19(23-17)24-7-9-25-10-8-24/h2-6,21H,7-10H2,1H3. The van der Waals surface area contributed by atoms with Crippen LogP contribution in [0.4, 0.5) is 5.95 Å². The second-order valence-corrected chi connectivity index (χ2v) is 8.38. The molecule has 1 aromatic carbocycles. The number of benzene rings is 1. The van der Waals surface area contributed by atoms with E-state index in [-0.39, 0.29) is 0 Å². The summed E-state index contributed by atoms with van der Waals surface area (Å²) >= 11 is 5.47. The van der Waals surface area contributed by atoms with Crippen molar-refractivity contribution in [3.05, 3.63) is 39.8 Å². The number of aryl methyl sites for hydroxylation is 1. The second kappa shape index (κ2) is 6.33. The minimum Gasteiger partial charge on any atom is -0.378 e. The summed E-state index contributed by atoms with van der Waals surface area (Å²) in [7, 11) is 0. The minimum absolute atomic E-state index is 0.716. The maximum atomic E-state index is 5.49. The van der Waals surface area contributed by atoms with Crippen LogP contribution in [0.15, 0.2) is 34.9 Å². The van der Waals surface area contributed by atoms with Gasteiger partial charge in [-0.3, -0.25) is 0 Å². The molecule has 26 heavy (non-hydrogen) atoms. The van der Waals surface area contributed by atoms with E-state index in [1.807, 2.05) is 6.20 Å². The van der Waals surface area contributed by atoms with Crippen LogP contribution in [0.25, 0.3) is 32.4 Å². The van der Waals surface area contributed by atoms with Crippen molar-refractivity contribution in [1.29, 1.82) is 0 Å². The molecule has 0 radical (unpaired) electrons. The van der Waals surface area contributed by atoms with Crippen molar-refractivity contribution in [2.24, 2.45) is 0 Å². The van der Waals surface area contributed by atoms with Gasteiger partial charge in [0.05, 0.1) is 28.1 Å². The summed E-state index contributed by atoms with van der Waals surface area (Å²) in [6, 6.07) is 8.42. The molecule has 0 aliphatic carbocycles. The second-order valence-electron chi connectivity index (χ2n) is 6.37. The van der Waals surface area contributed by atoms with Crippen molar-refractivity contribution in [2.45, 2.75) is 6.92 Å². The number of H-pyrrole nitrogens is 1. The summed E-state index contributed by atoms with van der Waals surface area (Å²) in [5, 5.41) is 1.18. The minimum atomic E-state index is 0.716. The monoisotopic (exact) mass is 428 g/mol. The topological polar surface area (TPSA) is 54.0 Å². The van der Waals surface area contributed by atoms with E-state index in [9.17, 15) is 0 Å². The average Bonchev–Trinajstić information content (AvgIpc) is 3.27. The number of aromatic amines is 1. The Morgan fingerprint density at radius 2 is 2.04 bits per heavy atom. The smallest absolute Gasteiger partial charge is 0.226 e. The highest BCUT2D eigenvalue weighted by Crippen LogP contribution is 2.41. The normalized spacial score (nSPS) is 15.2. The van der Waals surface area contributed by atoms with Crippen molar-refractivity contribution in [2.75, 3.05) is 31.2 Å². The Morgan fingerprint density at radius 1 is 1.19 bits per heavy atom. The van der Waals surface area contributed by atoms with Gasteiger partial charge in [-0.15, -0.1) is 11.3 Å². The Kier molecular flexibility index (Phi) is 3.95. The number of anilines is 1. The van der Waals surface area contributed by atoms with Gasteiger partial charge in [-0.25, -0.2) is 9.97 Å². The highest BCUT2D eigenvalue weighted by molar-refractivity contribution is 9.10. The molecule has 0 spiro atoms. The Hall–Kier alpha value is -1.96. The fourth-order valence-electron chi connectivity index (χ4n) is 3.43. The molecule has 3 aromatic heterocycles. The summed E-state index contributed by atoms with van der Waals surface area (Å²) in [5.41, 5.74) is 4.25. The molecule has 1 saturated heterocycles. The Bertz CT molecular complexity index is 1110. The van der Waals surface area contributed by atoms with E-state index in [1.54, 1.807) is 11.3 Å². The maximum Gasteiger partial charge on any atom is 0.226 e. The van der Waals surface area contributed by atoms with E-state index >= 15 is 0 Å². The van der Waals surface area contributed by atoms with Gasteiger partial charge < -0.3 is 14.6 Å². The molecule has 0 atom stereocenters. The SMILES string of the molecule is Cc1sc2c(-c3cccc4[nH]ccc34)nc(N3CCOCC3)nc2c1Br. The van der Waals surface area contributed by atoms with Crippen molar-refractivity contribution in [3.8, 4) is 11.3 Å². The number of thiophene rings is 1. The third-order valence-electron chi connectivity index (χ3n) is 4.77. The number of aromatic nitrogens is 3. The molecule has 1 aliphatic heterocycles. The van der Waals surface area contributed by atoms with E-state index in [2.05, 4.69) is 57.0 Å². The van der Waals surface area contributed by atoms with Crippen LogP contribution in [0.3, 0.4) is 0 Å². The zero-order valence-corrected chi connectivity index (χ0v) is 16.7. The Morgan fingerprint density at radius 3 is 2.88 bits per heavy atom. The van der Waals surface area contributed by atoms with Crippen LogP contribution in [0.5, 0.6) is 0 Å². The molecule has 0 amide bonds. The highest BCUT2D eigenvalue weighted by Gasteiger charge is 2.21. The third kappa shape index (κ3) is 2.53. The molecule has 0 bridgehead atoms. The summed E-state index contributed by atoms with van der Waals surface area (Å²) in [6.45, 7) is 5.19. The van der Waals surface area contributed by atoms with E-state index < -0.39 is 0 Å². The zero-order chi connectivity index (χ0) is 17.7. The van der Waals surface area contributed by atoms with Crippen molar-refractivity contribution >= 4 is 54.3 Å². The van der Waals surface area contributed by atoms with Gasteiger partial charge in [-0.2, -0.15) is 0 Å². The lowest BCUT2D eigenvalue weighted by molar-refractivity contribution is 0.122. The maximum absolute atomic E-state index is 5.49. The molecule has 132 valence electrons. The molecule has 5 nitrogen and oxygen atoms in total. The number of rotatable bonds is 2. The van der Waals surface area contributed by atoms with Gasteiger partial charge in [0.15, 0.2) is 0 Å². The quantitative estimate of drug-likeness (QED) is 0.500. The molecule has 4 aromatic rings. The van der Waals surface area contributed by atoms with Gasteiger partial charge in [0.2, 0.25) is 5.95 Å². The summed E-state index contributed by atoms with van der Waals surface area (Å²) < 4.78 is 7.68.